The van der Waals surface area contributed by atoms with E-state index in [1.54, 1.807) is 11.3 Å². The molecule has 1 aliphatic carbocycles. The highest BCUT2D eigenvalue weighted by Gasteiger charge is 2.31. The lowest BCUT2D eigenvalue weighted by molar-refractivity contribution is 0.228. The Morgan fingerprint density at radius 2 is 2.20 bits per heavy atom. The van der Waals surface area contributed by atoms with E-state index < -0.39 is 0 Å². The van der Waals surface area contributed by atoms with Crippen LogP contribution in [0.3, 0.4) is 0 Å². The quantitative estimate of drug-likeness (QED) is 0.832. The van der Waals surface area contributed by atoms with Crippen molar-refractivity contribution in [3.63, 3.8) is 0 Å². The highest BCUT2D eigenvalue weighted by atomic mass is 32.1. The van der Waals surface area contributed by atoms with Gasteiger partial charge in [0.25, 0.3) is 0 Å². The molecule has 0 spiro atoms. The second-order valence-corrected chi connectivity index (χ2v) is 5.80. The molecule has 1 aliphatic rings. The van der Waals surface area contributed by atoms with Crippen molar-refractivity contribution in [2.45, 2.75) is 51.0 Å². The molecule has 1 saturated carbocycles. The maximum Gasteiger partial charge on any atom is 0.0195 e. The second-order valence-electron chi connectivity index (χ2n) is 5.02. The van der Waals surface area contributed by atoms with Gasteiger partial charge in [0, 0.05) is 5.54 Å². The summed E-state index contributed by atoms with van der Waals surface area (Å²) < 4.78 is 0. The van der Waals surface area contributed by atoms with E-state index in [1.807, 2.05) is 0 Å². The lowest BCUT2D eigenvalue weighted by Gasteiger charge is -2.37. The van der Waals surface area contributed by atoms with E-state index in [2.05, 4.69) is 23.8 Å². The molecule has 2 heteroatoms. The normalized spacial score (nSPS) is 31.7. The summed E-state index contributed by atoms with van der Waals surface area (Å²) in [7, 11) is 0. The molecule has 0 bridgehead atoms. The van der Waals surface area contributed by atoms with Gasteiger partial charge in [-0.3, -0.25) is 0 Å². The van der Waals surface area contributed by atoms with Crippen LogP contribution in [0.15, 0.2) is 16.8 Å². The molecule has 15 heavy (non-hydrogen) atoms. The summed E-state index contributed by atoms with van der Waals surface area (Å²) in [4.78, 5) is 0. The predicted octanol–water partition coefficient (Wildman–Crippen LogP) is 3.59. The van der Waals surface area contributed by atoms with E-state index in [4.69, 9.17) is 5.73 Å². The molecule has 1 nitrogen and oxygen atoms in total. The maximum absolute atomic E-state index is 6.47. The van der Waals surface area contributed by atoms with Crippen molar-refractivity contribution in [2.24, 2.45) is 11.7 Å². The highest BCUT2D eigenvalue weighted by Crippen LogP contribution is 2.34. The standard InChI is InChI=1S/C13H21NS/c1-2-11-3-6-13(14,7-4-11)9-12-5-8-15-10-12/h5,8,10-11H,2-4,6-7,9,14H2,1H3. The molecule has 0 aliphatic heterocycles. The lowest BCUT2D eigenvalue weighted by Crippen LogP contribution is -2.45. The summed E-state index contributed by atoms with van der Waals surface area (Å²) in [5.74, 6) is 0.934. The molecule has 1 heterocycles. The van der Waals surface area contributed by atoms with Crippen LogP contribution < -0.4 is 5.73 Å². The van der Waals surface area contributed by atoms with Crippen LogP contribution in [0.25, 0.3) is 0 Å². The molecule has 1 aromatic heterocycles. The summed E-state index contributed by atoms with van der Waals surface area (Å²) in [5.41, 5.74) is 7.99. The Hall–Kier alpha value is -0.340. The SMILES string of the molecule is CCC1CCC(N)(Cc2ccsc2)CC1. The van der Waals surface area contributed by atoms with Crippen molar-refractivity contribution in [2.75, 3.05) is 0 Å². The minimum atomic E-state index is 0.0900. The fourth-order valence-corrected chi connectivity index (χ4v) is 3.31. The number of nitrogens with two attached hydrogens (primary N) is 1. The van der Waals surface area contributed by atoms with E-state index in [0.29, 0.717) is 0 Å². The molecule has 2 rings (SSSR count). The molecule has 84 valence electrons. The first-order valence-electron chi connectivity index (χ1n) is 6.02. The zero-order valence-corrected chi connectivity index (χ0v) is 10.4. The molecule has 0 radical (unpaired) electrons. The largest absolute Gasteiger partial charge is 0.325 e. The van der Waals surface area contributed by atoms with Crippen molar-refractivity contribution in [1.29, 1.82) is 0 Å². The van der Waals surface area contributed by atoms with Gasteiger partial charge in [-0.25, -0.2) is 0 Å². The van der Waals surface area contributed by atoms with Gasteiger partial charge in [-0.15, -0.1) is 0 Å². The summed E-state index contributed by atoms with van der Waals surface area (Å²) in [6, 6.07) is 2.21. The van der Waals surface area contributed by atoms with Crippen molar-refractivity contribution >= 4 is 11.3 Å². The number of hydrogen-bond donors (Lipinski definition) is 1. The van der Waals surface area contributed by atoms with Crippen LogP contribution in [-0.2, 0) is 6.42 Å². The Morgan fingerprint density at radius 1 is 1.47 bits per heavy atom. The third-order valence-electron chi connectivity index (χ3n) is 3.81. The van der Waals surface area contributed by atoms with Crippen LogP contribution in [0.1, 0.15) is 44.6 Å². The number of rotatable bonds is 3. The fraction of sp³-hybridized carbons (Fsp3) is 0.692. The lowest BCUT2D eigenvalue weighted by atomic mass is 9.74. The molecular formula is C13H21NS. The first-order valence-corrected chi connectivity index (χ1v) is 6.96. The summed E-state index contributed by atoms with van der Waals surface area (Å²) in [5, 5.41) is 4.39. The topological polar surface area (TPSA) is 26.0 Å². The van der Waals surface area contributed by atoms with Gasteiger partial charge in [-0.1, -0.05) is 13.3 Å². The Labute approximate surface area is 96.7 Å². The third kappa shape index (κ3) is 2.82. The smallest absolute Gasteiger partial charge is 0.0195 e. The van der Waals surface area contributed by atoms with E-state index in [0.717, 1.165) is 12.3 Å². The second kappa shape index (κ2) is 4.67. The Morgan fingerprint density at radius 3 is 2.73 bits per heavy atom. The van der Waals surface area contributed by atoms with Crippen LogP contribution in [0.2, 0.25) is 0 Å². The van der Waals surface area contributed by atoms with E-state index in [9.17, 15) is 0 Å². The minimum absolute atomic E-state index is 0.0900. The van der Waals surface area contributed by atoms with Crippen molar-refractivity contribution in [3.05, 3.63) is 22.4 Å². The Kier molecular flexibility index (Phi) is 3.47. The molecule has 2 N–H and O–H groups in total. The zero-order chi connectivity index (χ0) is 10.7. The van der Waals surface area contributed by atoms with Crippen LogP contribution in [0, 0.1) is 5.92 Å². The fourth-order valence-electron chi connectivity index (χ4n) is 2.64. The summed E-state index contributed by atoms with van der Waals surface area (Å²) >= 11 is 1.78. The van der Waals surface area contributed by atoms with Gasteiger partial charge in [0.05, 0.1) is 0 Å². The average molecular weight is 223 g/mol. The minimum Gasteiger partial charge on any atom is -0.325 e. The highest BCUT2D eigenvalue weighted by molar-refractivity contribution is 7.07. The van der Waals surface area contributed by atoms with Crippen molar-refractivity contribution < 1.29 is 0 Å². The van der Waals surface area contributed by atoms with Crippen LogP contribution >= 0.6 is 11.3 Å². The van der Waals surface area contributed by atoms with Gasteiger partial charge in [-0.05, 0) is 60.4 Å². The molecule has 1 aromatic rings. The molecule has 0 unspecified atom stereocenters. The van der Waals surface area contributed by atoms with Crippen LogP contribution in [0.4, 0.5) is 0 Å². The third-order valence-corrected chi connectivity index (χ3v) is 4.55. The molecule has 0 saturated heterocycles. The van der Waals surface area contributed by atoms with Gasteiger partial charge in [0.2, 0.25) is 0 Å². The van der Waals surface area contributed by atoms with Gasteiger partial charge in [0.1, 0.15) is 0 Å². The van der Waals surface area contributed by atoms with Crippen molar-refractivity contribution in [1.82, 2.24) is 0 Å². The van der Waals surface area contributed by atoms with E-state index >= 15 is 0 Å². The van der Waals surface area contributed by atoms with Gasteiger partial charge in [-0.2, -0.15) is 11.3 Å². The first kappa shape index (κ1) is 11.2. The molecule has 0 aromatic carbocycles. The maximum atomic E-state index is 6.47. The average Bonchev–Trinajstić information content (AvgIpc) is 2.71. The predicted molar refractivity (Wildman–Crippen MR) is 67.2 cm³/mol. The van der Waals surface area contributed by atoms with E-state index in [-0.39, 0.29) is 5.54 Å². The zero-order valence-electron chi connectivity index (χ0n) is 9.54. The van der Waals surface area contributed by atoms with Crippen LogP contribution in [-0.4, -0.2) is 5.54 Å². The summed E-state index contributed by atoms with van der Waals surface area (Å²) in [6.07, 6.45) is 7.48. The number of hydrogen-bond acceptors (Lipinski definition) is 2. The van der Waals surface area contributed by atoms with Crippen molar-refractivity contribution in [3.8, 4) is 0 Å². The molecule has 0 atom stereocenters. The first-order chi connectivity index (χ1) is 7.22. The van der Waals surface area contributed by atoms with Gasteiger partial charge in [0.15, 0.2) is 0 Å². The monoisotopic (exact) mass is 223 g/mol. The summed E-state index contributed by atoms with van der Waals surface area (Å²) in [6.45, 7) is 2.30. The van der Waals surface area contributed by atoms with Crippen LogP contribution in [0.5, 0.6) is 0 Å². The Balaban J connectivity index is 1.92. The number of thiophene rings is 1. The Bertz CT molecular complexity index is 283. The molecular weight excluding hydrogens is 202 g/mol. The van der Waals surface area contributed by atoms with Gasteiger partial charge < -0.3 is 5.73 Å². The van der Waals surface area contributed by atoms with Gasteiger partial charge >= 0.3 is 0 Å². The molecule has 0 amide bonds. The van der Waals surface area contributed by atoms with E-state index in [1.165, 1.54) is 37.7 Å². The molecule has 1 fully saturated rings.